The van der Waals surface area contributed by atoms with Crippen LogP contribution in [0.25, 0.3) is 0 Å². The van der Waals surface area contributed by atoms with Gasteiger partial charge in [0, 0.05) is 18.8 Å². The third kappa shape index (κ3) is 2.27. The summed E-state index contributed by atoms with van der Waals surface area (Å²) in [6.45, 7) is 4.40. The highest BCUT2D eigenvalue weighted by Crippen LogP contribution is 2.26. The summed E-state index contributed by atoms with van der Waals surface area (Å²) >= 11 is 0. The van der Waals surface area contributed by atoms with E-state index in [1.165, 1.54) is 0 Å². The number of methoxy groups -OCH3 is 1. The van der Waals surface area contributed by atoms with E-state index in [1.54, 1.807) is 7.11 Å². The minimum absolute atomic E-state index is 0.00796. The lowest BCUT2D eigenvalue weighted by atomic mass is 10.1. The van der Waals surface area contributed by atoms with Gasteiger partial charge in [-0.1, -0.05) is 0 Å². The molecule has 0 saturated carbocycles. The van der Waals surface area contributed by atoms with Crippen molar-refractivity contribution in [2.24, 2.45) is 0 Å². The van der Waals surface area contributed by atoms with Gasteiger partial charge in [0.15, 0.2) is 0 Å². The van der Waals surface area contributed by atoms with E-state index in [1.807, 2.05) is 19.1 Å². The molecule has 0 radical (unpaired) electrons. The van der Waals surface area contributed by atoms with E-state index in [2.05, 4.69) is 10.3 Å². The van der Waals surface area contributed by atoms with Gasteiger partial charge in [-0.25, -0.2) is 0 Å². The Hall–Kier alpha value is -1.13. The Labute approximate surface area is 89.6 Å². The molecule has 1 aromatic rings. The smallest absolute Gasteiger partial charge is 0.143 e. The molecule has 4 heteroatoms. The van der Waals surface area contributed by atoms with Crippen LogP contribution >= 0.6 is 0 Å². The monoisotopic (exact) mass is 208 g/mol. The largest absolute Gasteiger partial charge is 0.495 e. The summed E-state index contributed by atoms with van der Waals surface area (Å²) in [4.78, 5) is 4.48. The van der Waals surface area contributed by atoms with Crippen molar-refractivity contribution >= 4 is 0 Å². The summed E-state index contributed by atoms with van der Waals surface area (Å²) in [6, 6.07) is 3.88. The maximum atomic E-state index is 5.66. The molecule has 1 aliphatic heterocycles. The Morgan fingerprint density at radius 2 is 2.40 bits per heavy atom. The molecule has 1 aromatic heterocycles. The van der Waals surface area contributed by atoms with E-state index >= 15 is 0 Å². The molecule has 82 valence electrons. The maximum absolute atomic E-state index is 5.66. The summed E-state index contributed by atoms with van der Waals surface area (Å²) in [5, 5.41) is 3.28. The summed E-state index contributed by atoms with van der Waals surface area (Å²) in [5.41, 5.74) is 1.88. The number of morpholine rings is 1. The van der Waals surface area contributed by atoms with Gasteiger partial charge in [-0.05, 0) is 19.1 Å². The molecule has 0 spiro atoms. The molecule has 2 heterocycles. The highest BCUT2D eigenvalue weighted by molar-refractivity contribution is 5.31. The number of nitrogens with zero attached hydrogens (tertiary/aromatic N) is 1. The molecule has 1 fully saturated rings. The van der Waals surface area contributed by atoms with Gasteiger partial charge in [0.05, 0.1) is 13.7 Å². The first-order valence-electron chi connectivity index (χ1n) is 5.15. The number of pyridine rings is 1. The molecule has 15 heavy (non-hydrogen) atoms. The highest BCUT2D eigenvalue weighted by atomic mass is 16.5. The van der Waals surface area contributed by atoms with Crippen LogP contribution in [0.2, 0.25) is 0 Å². The van der Waals surface area contributed by atoms with Gasteiger partial charge < -0.3 is 14.8 Å². The second kappa shape index (κ2) is 4.59. The maximum Gasteiger partial charge on any atom is 0.143 e. The molecular formula is C11H16N2O2. The third-order valence-corrected chi connectivity index (χ3v) is 2.48. The normalized spacial score (nSPS) is 21.3. The van der Waals surface area contributed by atoms with Gasteiger partial charge in [0.2, 0.25) is 0 Å². The van der Waals surface area contributed by atoms with E-state index in [-0.39, 0.29) is 6.10 Å². The number of aromatic nitrogens is 1. The van der Waals surface area contributed by atoms with E-state index in [9.17, 15) is 0 Å². The van der Waals surface area contributed by atoms with E-state index < -0.39 is 0 Å². The average Bonchev–Trinajstić information content (AvgIpc) is 2.30. The summed E-state index contributed by atoms with van der Waals surface area (Å²) < 4.78 is 10.9. The lowest BCUT2D eigenvalue weighted by Gasteiger charge is -2.24. The average molecular weight is 208 g/mol. The van der Waals surface area contributed by atoms with Crippen LogP contribution in [0, 0.1) is 6.92 Å². The quantitative estimate of drug-likeness (QED) is 0.789. The Kier molecular flexibility index (Phi) is 3.18. The molecule has 0 bridgehead atoms. The van der Waals surface area contributed by atoms with Crippen LogP contribution in [-0.2, 0) is 4.74 Å². The van der Waals surface area contributed by atoms with Crippen LogP contribution in [0.1, 0.15) is 17.5 Å². The second-order valence-corrected chi connectivity index (χ2v) is 3.60. The lowest BCUT2D eigenvalue weighted by molar-refractivity contribution is 0.0234. The molecule has 2 rings (SSSR count). The molecule has 0 aliphatic carbocycles. The van der Waals surface area contributed by atoms with Crippen molar-refractivity contribution in [3.05, 3.63) is 23.5 Å². The van der Waals surface area contributed by atoms with Gasteiger partial charge >= 0.3 is 0 Å². The number of hydrogen-bond donors (Lipinski definition) is 1. The van der Waals surface area contributed by atoms with E-state index in [0.717, 1.165) is 36.8 Å². The van der Waals surface area contributed by atoms with Gasteiger partial charge in [0.1, 0.15) is 17.5 Å². The summed E-state index contributed by atoms with van der Waals surface area (Å²) in [6.07, 6.45) is 0.00796. The number of nitrogens with one attached hydrogen (secondary N) is 1. The Balaban J connectivity index is 2.27. The first-order valence-corrected chi connectivity index (χ1v) is 5.15. The molecule has 4 nitrogen and oxygen atoms in total. The number of hydrogen-bond acceptors (Lipinski definition) is 4. The fraction of sp³-hybridized carbons (Fsp3) is 0.545. The fourth-order valence-corrected chi connectivity index (χ4v) is 1.71. The van der Waals surface area contributed by atoms with Crippen molar-refractivity contribution < 1.29 is 9.47 Å². The molecule has 0 aromatic carbocycles. The van der Waals surface area contributed by atoms with Crippen LogP contribution < -0.4 is 10.1 Å². The van der Waals surface area contributed by atoms with Crippen LogP contribution in [-0.4, -0.2) is 31.8 Å². The van der Waals surface area contributed by atoms with Crippen molar-refractivity contribution in [2.45, 2.75) is 13.0 Å². The van der Waals surface area contributed by atoms with Gasteiger partial charge in [-0.3, -0.25) is 4.98 Å². The zero-order valence-electron chi connectivity index (χ0n) is 9.12. The molecule has 1 unspecified atom stereocenters. The molecular weight excluding hydrogens is 192 g/mol. The number of ether oxygens (including phenoxy) is 2. The minimum Gasteiger partial charge on any atom is -0.495 e. The SMILES string of the molecule is COc1ccc(C)nc1C1CNCCO1. The first kappa shape index (κ1) is 10.4. The zero-order chi connectivity index (χ0) is 10.7. The van der Waals surface area contributed by atoms with E-state index in [4.69, 9.17) is 9.47 Å². The summed E-state index contributed by atoms with van der Waals surface area (Å²) in [7, 11) is 1.66. The second-order valence-electron chi connectivity index (χ2n) is 3.60. The standard InChI is InChI=1S/C11H16N2O2/c1-8-3-4-9(14-2)11(13-8)10-7-12-5-6-15-10/h3-4,10,12H,5-7H2,1-2H3. The Morgan fingerprint density at radius 1 is 1.53 bits per heavy atom. The molecule has 1 atom stereocenters. The van der Waals surface area contributed by atoms with E-state index in [0.29, 0.717) is 0 Å². The molecule has 0 amide bonds. The molecule has 1 N–H and O–H groups in total. The highest BCUT2D eigenvalue weighted by Gasteiger charge is 2.20. The van der Waals surface area contributed by atoms with Crippen molar-refractivity contribution in [2.75, 3.05) is 26.8 Å². The summed E-state index contributed by atoms with van der Waals surface area (Å²) in [5.74, 6) is 0.800. The van der Waals surface area contributed by atoms with Crippen LogP contribution in [0.5, 0.6) is 5.75 Å². The fourth-order valence-electron chi connectivity index (χ4n) is 1.71. The first-order chi connectivity index (χ1) is 7.31. The Bertz CT molecular complexity index is 335. The Morgan fingerprint density at radius 3 is 3.07 bits per heavy atom. The minimum atomic E-state index is 0.00796. The topological polar surface area (TPSA) is 43.4 Å². The predicted octanol–water partition coefficient (Wildman–Crippen LogP) is 1.06. The number of aryl methyl sites for hydroxylation is 1. The van der Waals surface area contributed by atoms with Gasteiger partial charge in [0.25, 0.3) is 0 Å². The number of rotatable bonds is 2. The molecule has 1 aliphatic rings. The van der Waals surface area contributed by atoms with Crippen molar-refractivity contribution in [3.8, 4) is 5.75 Å². The predicted molar refractivity (Wildman–Crippen MR) is 57.1 cm³/mol. The van der Waals surface area contributed by atoms with Crippen LogP contribution in [0.3, 0.4) is 0 Å². The van der Waals surface area contributed by atoms with Gasteiger partial charge in [-0.2, -0.15) is 0 Å². The van der Waals surface area contributed by atoms with Crippen molar-refractivity contribution in [1.82, 2.24) is 10.3 Å². The van der Waals surface area contributed by atoms with Crippen LogP contribution in [0.4, 0.5) is 0 Å². The van der Waals surface area contributed by atoms with Crippen molar-refractivity contribution in [1.29, 1.82) is 0 Å². The zero-order valence-corrected chi connectivity index (χ0v) is 9.12. The van der Waals surface area contributed by atoms with Gasteiger partial charge in [-0.15, -0.1) is 0 Å². The van der Waals surface area contributed by atoms with Crippen molar-refractivity contribution in [3.63, 3.8) is 0 Å². The lowest BCUT2D eigenvalue weighted by Crippen LogP contribution is -2.34. The molecule has 1 saturated heterocycles. The van der Waals surface area contributed by atoms with Crippen LogP contribution in [0.15, 0.2) is 12.1 Å². The third-order valence-electron chi connectivity index (χ3n) is 2.48.